The Morgan fingerprint density at radius 3 is 2.77 bits per heavy atom. The summed E-state index contributed by atoms with van der Waals surface area (Å²) in [5, 5.41) is 4.84. The third kappa shape index (κ3) is 2.33. The molecule has 0 bridgehead atoms. The lowest BCUT2D eigenvalue weighted by molar-refractivity contribution is 0.189. The van der Waals surface area contributed by atoms with Crippen molar-refractivity contribution in [1.29, 1.82) is 0 Å². The summed E-state index contributed by atoms with van der Waals surface area (Å²) in [5.41, 5.74) is 9.67. The Hall–Kier alpha value is -1.75. The van der Waals surface area contributed by atoms with Crippen molar-refractivity contribution in [3.63, 3.8) is 0 Å². The maximum atomic E-state index is 13.3. The van der Waals surface area contributed by atoms with E-state index in [0.29, 0.717) is 17.9 Å². The molecule has 0 aliphatic heterocycles. The van der Waals surface area contributed by atoms with Crippen LogP contribution in [0.4, 0.5) is 4.39 Å². The zero-order valence-corrected chi connectivity index (χ0v) is 12.8. The number of nitrogens with zero attached hydrogens (tertiary/aromatic N) is 3. The van der Waals surface area contributed by atoms with E-state index >= 15 is 0 Å². The highest BCUT2D eigenvalue weighted by molar-refractivity contribution is 5.66. The van der Waals surface area contributed by atoms with E-state index in [1.807, 2.05) is 6.92 Å². The predicted molar refractivity (Wildman–Crippen MR) is 82.9 cm³/mol. The number of rotatable bonds is 4. The van der Waals surface area contributed by atoms with Crippen LogP contribution in [0.15, 0.2) is 18.5 Å². The summed E-state index contributed by atoms with van der Waals surface area (Å²) in [5.74, 6) is 0.895. The number of nitrogens with two attached hydrogens (primary N) is 1. The first kappa shape index (κ1) is 13.9. The highest BCUT2D eigenvalue weighted by Crippen LogP contribution is 2.45. The first-order chi connectivity index (χ1) is 10.7. The van der Waals surface area contributed by atoms with Gasteiger partial charge in [-0.2, -0.15) is 5.10 Å². The van der Waals surface area contributed by atoms with Crippen molar-refractivity contribution in [2.24, 2.45) is 11.7 Å². The minimum atomic E-state index is -0.286. The quantitative estimate of drug-likeness (QED) is 0.943. The molecule has 5 heteroatoms. The second kappa shape index (κ2) is 5.16. The second-order valence-electron chi connectivity index (χ2n) is 6.73. The van der Waals surface area contributed by atoms with Crippen LogP contribution in [0.25, 0.3) is 11.3 Å². The minimum Gasteiger partial charge on any atom is -0.330 e. The molecule has 4 nitrogen and oxygen atoms in total. The van der Waals surface area contributed by atoms with E-state index in [1.165, 1.54) is 19.0 Å². The average molecular weight is 300 g/mol. The van der Waals surface area contributed by atoms with Crippen LogP contribution in [-0.4, -0.2) is 21.3 Å². The summed E-state index contributed by atoms with van der Waals surface area (Å²) in [7, 11) is 0. The molecule has 2 aliphatic rings. The molecule has 2 saturated carbocycles. The smallest absolute Gasteiger partial charge is 0.141 e. The van der Waals surface area contributed by atoms with Crippen LogP contribution in [0.2, 0.25) is 0 Å². The summed E-state index contributed by atoms with van der Waals surface area (Å²) in [6.45, 7) is 2.67. The molecule has 116 valence electrons. The molecule has 0 amide bonds. The molecule has 2 heterocycles. The Bertz CT molecular complexity index is 699. The van der Waals surface area contributed by atoms with Gasteiger partial charge >= 0.3 is 0 Å². The van der Waals surface area contributed by atoms with Gasteiger partial charge < -0.3 is 5.73 Å². The van der Waals surface area contributed by atoms with Crippen LogP contribution in [-0.2, 0) is 0 Å². The van der Waals surface area contributed by atoms with E-state index in [4.69, 9.17) is 10.8 Å². The fourth-order valence-corrected chi connectivity index (χ4v) is 3.36. The lowest BCUT2D eigenvalue weighted by atomic mass is 9.80. The van der Waals surface area contributed by atoms with E-state index < -0.39 is 0 Å². The SMILES string of the molecule is Cc1cc(F)cnc1-c1cn([C@H]2C[C@H](CN)C2)nc1C1CC1. The molecule has 2 aromatic rings. The van der Waals surface area contributed by atoms with E-state index in [2.05, 4.69) is 15.9 Å². The number of pyridine rings is 1. The molecule has 0 aromatic carbocycles. The second-order valence-corrected chi connectivity index (χ2v) is 6.73. The predicted octanol–water partition coefficient (Wildman–Crippen LogP) is 3.18. The highest BCUT2D eigenvalue weighted by Gasteiger charge is 2.34. The zero-order valence-electron chi connectivity index (χ0n) is 12.8. The van der Waals surface area contributed by atoms with Crippen molar-refractivity contribution in [3.05, 3.63) is 35.5 Å². The van der Waals surface area contributed by atoms with Crippen LogP contribution in [0.5, 0.6) is 0 Å². The third-order valence-electron chi connectivity index (χ3n) is 4.94. The third-order valence-corrected chi connectivity index (χ3v) is 4.94. The summed E-state index contributed by atoms with van der Waals surface area (Å²) >= 11 is 0. The van der Waals surface area contributed by atoms with Crippen LogP contribution in [0.1, 0.15) is 48.9 Å². The standard InChI is InChI=1S/C17H21FN4/c1-10-4-13(18)8-20-16(10)15-9-22(14-5-11(6-14)7-19)21-17(15)12-2-3-12/h4,8-9,11-12,14H,2-3,5-7,19H2,1H3/t11-,14-. The van der Waals surface area contributed by atoms with E-state index in [0.717, 1.165) is 41.9 Å². The van der Waals surface area contributed by atoms with Gasteiger partial charge in [-0.3, -0.25) is 9.67 Å². The van der Waals surface area contributed by atoms with Gasteiger partial charge in [0.25, 0.3) is 0 Å². The molecule has 0 atom stereocenters. The molecule has 0 saturated heterocycles. The van der Waals surface area contributed by atoms with E-state index in [-0.39, 0.29) is 5.82 Å². The number of hydrogen-bond acceptors (Lipinski definition) is 3. The molecule has 22 heavy (non-hydrogen) atoms. The largest absolute Gasteiger partial charge is 0.330 e. The topological polar surface area (TPSA) is 56.7 Å². The van der Waals surface area contributed by atoms with Crippen molar-refractivity contribution in [2.75, 3.05) is 6.54 Å². The number of halogens is 1. The van der Waals surface area contributed by atoms with Crippen LogP contribution < -0.4 is 5.73 Å². The lowest BCUT2D eigenvalue weighted by Crippen LogP contribution is -2.32. The summed E-state index contributed by atoms with van der Waals surface area (Å²) in [4.78, 5) is 4.32. The van der Waals surface area contributed by atoms with Crippen molar-refractivity contribution in [3.8, 4) is 11.3 Å². The number of aryl methyl sites for hydroxylation is 1. The molecular formula is C17H21FN4. The maximum Gasteiger partial charge on any atom is 0.141 e. The molecule has 0 radical (unpaired) electrons. The molecule has 2 N–H and O–H groups in total. The Balaban J connectivity index is 1.70. The Morgan fingerprint density at radius 1 is 1.36 bits per heavy atom. The summed E-state index contributed by atoms with van der Waals surface area (Å²) in [6, 6.07) is 2.00. The van der Waals surface area contributed by atoms with Gasteiger partial charge in [0.05, 0.1) is 23.6 Å². The monoisotopic (exact) mass is 300 g/mol. The van der Waals surface area contributed by atoms with Crippen LogP contribution in [0.3, 0.4) is 0 Å². The Morgan fingerprint density at radius 2 is 2.14 bits per heavy atom. The Labute approximate surface area is 129 Å². The summed E-state index contributed by atoms with van der Waals surface area (Å²) in [6.07, 6.45) is 8.01. The van der Waals surface area contributed by atoms with Gasteiger partial charge in [0.1, 0.15) is 5.82 Å². The van der Waals surface area contributed by atoms with Crippen LogP contribution in [0, 0.1) is 18.7 Å². The fourth-order valence-electron chi connectivity index (χ4n) is 3.36. The van der Waals surface area contributed by atoms with Gasteiger partial charge in [-0.05, 0) is 56.7 Å². The fraction of sp³-hybridized carbons (Fsp3) is 0.529. The molecule has 2 fully saturated rings. The molecule has 0 spiro atoms. The highest BCUT2D eigenvalue weighted by atomic mass is 19.1. The molecule has 2 aliphatic carbocycles. The van der Waals surface area contributed by atoms with Crippen molar-refractivity contribution >= 4 is 0 Å². The Kier molecular flexibility index (Phi) is 3.26. The first-order valence-corrected chi connectivity index (χ1v) is 8.07. The van der Waals surface area contributed by atoms with Gasteiger partial charge in [-0.15, -0.1) is 0 Å². The molecule has 4 rings (SSSR count). The minimum absolute atomic E-state index is 0.286. The first-order valence-electron chi connectivity index (χ1n) is 8.07. The van der Waals surface area contributed by atoms with Gasteiger partial charge in [0.2, 0.25) is 0 Å². The average Bonchev–Trinajstić information content (AvgIpc) is 3.19. The zero-order chi connectivity index (χ0) is 15.3. The van der Waals surface area contributed by atoms with Gasteiger partial charge in [-0.25, -0.2) is 4.39 Å². The summed E-state index contributed by atoms with van der Waals surface area (Å²) < 4.78 is 15.4. The van der Waals surface area contributed by atoms with Crippen LogP contribution >= 0.6 is 0 Å². The van der Waals surface area contributed by atoms with E-state index in [1.54, 1.807) is 6.07 Å². The van der Waals surface area contributed by atoms with Crippen molar-refractivity contribution in [1.82, 2.24) is 14.8 Å². The molecular weight excluding hydrogens is 279 g/mol. The van der Waals surface area contributed by atoms with E-state index in [9.17, 15) is 4.39 Å². The maximum absolute atomic E-state index is 13.3. The molecule has 2 aromatic heterocycles. The van der Waals surface area contributed by atoms with Gasteiger partial charge in [-0.1, -0.05) is 0 Å². The lowest BCUT2D eigenvalue weighted by Gasteiger charge is -2.34. The number of aromatic nitrogens is 3. The molecule has 0 unspecified atom stereocenters. The normalized spacial score (nSPS) is 24.3. The van der Waals surface area contributed by atoms with Gasteiger partial charge in [0.15, 0.2) is 0 Å². The van der Waals surface area contributed by atoms with Crippen molar-refractivity contribution in [2.45, 2.75) is 44.6 Å². The van der Waals surface area contributed by atoms with Crippen molar-refractivity contribution < 1.29 is 4.39 Å². The van der Waals surface area contributed by atoms with Gasteiger partial charge in [0, 0.05) is 17.7 Å². The number of hydrogen-bond donors (Lipinski definition) is 1.